The average Bonchev–Trinajstić information content (AvgIpc) is 1.21. The summed E-state index contributed by atoms with van der Waals surface area (Å²) >= 11 is 0. The van der Waals surface area contributed by atoms with Crippen molar-refractivity contribution in [3.05, 3.63) is 0 Å². The number of carboxylic acid groups (broad SMARTS) is 1. The lowest BCUT2D eigenvalue weighted by Crippen LogP contribution is -2.01. The molecule has 0 saturated heterocycles. The summed E-state index contributed by atoms with van der Waals surface area (Å²) in [5, 5.41) is 7.92. The summed E-state index contributed by atoms with van der Waals surface area (Å²) in [7, 11) is -3.32. The van der Waals surface area contributed by atoms with Gasteiger partial charge in [0, 0.05) is 6.66 Å². The van der Waals surface area contributed by atoms with Crippen molar-refractivity contribution in [1.82, 2.24) is 0 Å². The van der Waals surface area contributed by atoms with E-state index in [0.29, 0.717) is 0 Å². The number of aliphatic carboxylic acids is 1. The van der Waals surface area contributed by atoms with Gasteiger partial charge in [0.15, 0.2) is 0 Å². The molecule has 0 fully saturated rings. The largest absolute Gasteiger partial charge is 0.481 e. The third kappa shape index (κ3) is 5.66. The standard InChI is InChI=1S/C3H7O4P/c1-8(6,7)2-3(4)5/h2H2,1H3,(H,4,5)(H,6,7)/i2+2. The Kier molecular flexibility index (Phi) is 2.19. The molecule has 1 unspecified atom stereocenters. The highest BCUT2D eigenvalue weighted by Gasteiger charge is 2.13. The van der Waals surface area contributed by atoms with Crippen LogP contribution in [0.2, 0.25) is 0 Å². The van der Waals surface area contributed by atoms with Crippen molar-refractivity contribution in [3.8, 4) is 0 Å². The second kappa shape index (κ2) is 2.29. The summed E-state index contributed by atoms with van der Waals surface area (Å²) < 4.78 is 10.2. The Labute approximate surface area is 46.6 Å². The van der Waals surface area contributed by atoms with Crippen LogP contribution >= 0.6 is 7.37 Å². The van der Waals surface area contributed by atoms with Crippen molar-refractivity contribution in [3.63, 3.8) is 0 Å². The Morgan fingerprint density at radius 2 is 2.12 bits per heavy atom. The van der Waals surface area contributed by atoms with Gasteiger partial charge in [-0.2, -0.15) is 0 Å². The molecule has 0 rings (SSSR count). The second-order valence-corrected chi connectivity index (χ2v) is 4.02. The van der Waals surface area contributed by atoms with Gasteiger partial charge in [-0.1, -0.05) is 0 Å². The molecular formula is C3H7O4P. The smallest absolute Gasteiger partial charge is 0.313 e. The Morgan fingerprint density at radius 1 is 1.75 bits per heavy atom. The Morgan fingerprint density at radius 3 is 2.12 bits per heavy atom. The van der Waals surface area contributed by atoms with E-state index in [2.05, 4.69) is 0 Å². The number of carboxylic acids is 1. The first-order valence-corrected chi connectivity index (χ1v) is 4.22. The van der Waals surface area contributed by atoms with Gasteiger partial charge in [0.2, 0.25) is 7.37 Å². The van der Waals surface area contributed by atoms with E-state index in [1.165, 1.54) is 0 Å². The minimum atomic E-state index is -3.32. The van der Waals surface area contributed by atoms with Crippen molar-refractivity contribution < 1.29 is 19.4 Å². The van der Waals surface area contributed by atoms with Crippen LogP contribution in [-0.4, -0.2) is 28.8 Å². The first-order chi connectivity index (χ1) is 3.42. The van der Waals surface area contributed by atoms with Crippen molar-refractivity contribution >= 4 is 13.3 Å². The molecule has 4 nitrogen and oxygen atoms in total. The maximum Gasteiger partial charge on any atom is 0.313 e. The van der Waals surface area contributed by atoms with Crippen LogP contribution in [0.5, 0.6) is 0 Å². The molecule has 0 aromatic carbocycles. The van der Waals surface area contributed by atoms with Crippen molar-refractivity contribution in [2.45, 2.75) is 0 Å². The summed E-state index contributed by atoms with van der Waals surface area (Å²) in [4.78, 5) is 18.0. The van der Waals surface area contributed by atoms with Crippen molar-refractivity contribution in [2.24, 2.45) is 0 Å². The van der Waals surface area contributed by atoms with Crippen LogP contribution in [0.3, 0.4) is 0 Å². The molecule has 48 valence electrons. The van der Waals surface area contributed by atoms with Crippen LogP contribution in [0.1, 0.15) is 0 Å². The van der Waals surface area contributed by atoms with Gasteiger partial charge in [-0.3, -0.25) is 9.36 Å². The summed E-state index contributed by atoms with van der Waals surface area (Å²) in [6.07, 6.45) is -0.646. The highest BCUT2D eigenvalue weighted by molar-refractivity contribution is 7.58. The molecule has 5 heteroatoms. The van der Waals surface area contributed by atoms with Gasteiger partial charge in [0.1, 0.15) is 6.16 Å². The summed E-state index contributed by atoms with van der Waals surface area (Å²) in [5.41, 5.74) is 0. The normalized spacial score (nSPS) is 17.2. The lowest BCUT2D eigenvalue weighted by molar-refractivity contribution is -0.134. The predicted octanol–water partition coefficient (Wildman–Crippen LogP) is -0.0288. The summed E-state index contributed by atoms with van der Waals surface area (Å²) in [6.45, 7) is 1.02. The second-order valence-electron chi connectivity index (χ2n) is 1.60. The van der Waals surface area contributed by atoms with Crippen LogP contribution in [0.25, 0.3) is 0 Å². The molecule has 8 heavy (non-hydrogen) atoms. The SMILES string of the molecule is CP(=O)(O)[14CH2]C(=O)O. The zero-order chi connectivity index (χ0) is 6.78. The molecule has 0 bridgehead atoms. The highest BCUT2D eigenvalue weighted by Crippen LogP contribution is 2.33. The lowest BCUT2D eigenvalue weighted by Gasteiger charge is -1.96. The van der Waals surface area contributed by atoms with E-state index in [4.69, 9.17) is 10.00 Å². The van der Waals surface area contributed by atoms with Gasteiger partial charge in [-0.15, -0.1) is 0 Å². The molecule has 0 aliphatic carbocycles. The molecule has 0 aromatic heterocycles. The number of rotatable bonds is 2. The van der Waals surface area contributed by atoms with Crippen LogP contribution < -0.4 is 0 Å². The van der Waals surface area contributed by atoms with Crippen LogP contribution in [0.4, 0.5) is 0 Å². The maximum absolute atomic E-state index is 10.2. The predicted molar refractivity (Wildman–Crippen MR) is 28.3 cm³/mol. The minimum Gasteiger partial charge on any atom is -0.481 e. The van der Waals surface area contributed by atoms with Gasteiger partial charge >= 0.3 is 5.97 Å². The first kappa shape index (κ1) is 7.66. The topological polar surface area (TPSA) is 74.6 Å². The zero-order valence-corrected chi connectivity index (χ0v) is 5.26. The molecule has 0 heterocycles. The molecule has 0 saturated carbocycles. The van der Waals surface area contributed by atoms with Gasteiger partial charge in [0.05, 0.1) is 0 Å². The quantitative estimate of drug-likeness (QED) is 0.528. The van der Waals surface area contributed by atoms with Crippen LogP contribution in [0.15, 0.2) is 0 Å². The fourth-order valence-corrected chi connectivity index (χ4v) is 0.753. The van der Waals surface area contributed by atoms with Gasteiger partial charge in [-0.05, 0) is 0 Å². The Hall–Kier alpha value is -0.340. The molecule has 0 spiro atoms. The van der Waals surface area contributed by atoms with E-state index in [1.54, 1.807) is 0 Å². The molecule has 0 amide bonds. The Bertz CT molecular complexity index is 134. The molecular weight excluding hydrogens is 133 g/mol. The molecule has 0 aliphatic rings. The third-order valence-corrected chi connectivity index (χ3v) is 1.29. The lowest BCUT2D eigenvalue weighted by atomic mass is 11.3. The monoisotopic (exact) mass is 140 g/mol. The number of hydrogen-bond acceptors (Lipinski definition) is 2. The van der Waals surface area contributed by atoms with Gasteiger partial charge in [-0.25, -0.2) is 0 Å². The third-order valence-electron chi connectivity index (χ3n) is 0.429. The molecule has 0 aromatic rings. The Balaban J connectivity index is 3.74. The van der Waals surface area contributed by atoms with Crippen LogP contribution in [-0.2, 0) is 9.36 Å². The molecule has 1 atom stereocenters. The summed E-state index contributed by atoms with van der Waals surface area (Å²) in [6, 6.07) is 0. The molecule has 0 aliphatic heterocycles. The van der Waals surface area contributed by atoms with Gasteiger partial charge < -0.3 is 10.00 Å². The highest BCUT2D eigenvalue weighted by atomic mass is 31.2. The van der Waals surface area contributed by atoms with E-state index >= 15 is 0 Å². The molecule has 0 radical (unpaired) electrons. The minimum absolute atomic E-state index is 0.646. The number of hydrogen-bond donors (Lipinski definition) is 2. The maximum atomic E-state index is 10.2. The average molecular weight is 140 g/mol. The van der Waals surface area contributed by atoms with Crippen LogP contribution in [0, 0.1) is 0 Å². The summed E-state index contributed by atoms with van der Waals surface area (Å²) in [5.74, 6) is -1.24. The van der Waals surface area contributed by atoms with E-state index in [1.807, 2.05) is 0 Å². The fourth-order valence-electron chi connectivity index (χ4n) is 0.251. The van der Waals surface area contributed by atoms with E-state index in [0.717, 1.165) is 6.66 Å². The number of carbonyl (C=O) groups is 1. The van der Waals surface area contributed by atoms with E-state index in [9.17, 15) is 9.36 Å². The fraction of sp³-hybridized carbons (Fsp3) is 0.667. The van der Waals surface area contributed by atoms with Gasteiger partial charge in [0.25, 0.3) is 0 Å². The van der Waals surface area contributed by atoms with E-state index < -0.39 is 19.5 Å². The van der Waals surface area contributed by atoms with E-state index in [-0.39, 0.29) is 0 Å². The van der Waals surface area contributed by atoms with Crippen molar-refractivity contribution in [2.75, 3.05) is 12.8 Å². The molecule has 2 N–H and O–H groups in total. The zero-order valence-electron chi connectivity index (χ0n) is 4.37. The van der Waals surface area contributed by atoms with Crippen molar-refractivity contribution in [1.29, 1.82) is 0 Å². The first-order valence-electron chi connectivity index (χ1n) is 1.93.